The molecule has 2 aliphatic carbocycles. The summed E-state index contributed by atoms with van der Waals surface area (Å²) in [5.74, 6) is 0.0673. The minimum absolute atomic E-state index is 0.362. The highest BCUT2D eigenvalue weighted by molar-refractivity contribution is 6.35. The van der Waals surface area contributed by atoms with Crippen molar-refractivity contribution in [3.05, 3.63) is 40.9 Å². The molecule has 0 amide bonds. The molecule has 0 atom stereocenters. The number of ether oxygens (including phenoxy) is 1. The van der Waals surface area contributed by atoms with Crippen molar-refractivity contribution < 1.29 is 9.53 Å². The summed E-state index contributed by atoms with van der Waals surface area (Å²) < 4.78 is 5.04. The molecule has 82 valence electrons. The van der Waals surface area contributed by atoms with Crippen LogP contribution in [0.4, 0.5) is 0 Å². The predicted octanol–water partition coefficient (Wildman–Crippen LogP) is 3.68. The first-order valence-electron chi connectivity index (χ1n) is 4.96. The first-order valence-corrected chi connectivity index (χ1v) is 5.33. The van der Waals surface area contributed by atoms with Gasteiger partial charge >= 0.3 is 5.97 Å². The minimum atomic E-state index is -0.362. The van der Waals surface area contributed by atoms with E-state index < -0.39 is 0 Å². The van der Waals surface area contributed by atoms with Crippen molar-refractivity contribution in [1.29, 1.82) is 0 Å². The van der Waals surface area contributed by atoms with Gasteiger partial charge in [-0.1, -0.05) is 35.9 Å². The summed E-state index contributed by atoms with van der Waals surface area (Å²) in [6.45, 7) is 3.36. The van der Waals surface area contributed by atoms with Gasteiger partial charge in [0.05, 0.1) is 5.02 Å². The van der Waals surface area contributed by atoms with E-state index in [9.17, 15) is 4.79 Å². The van der Waals surface area contributed by atoms with Gasteiger partial charge in [0, 0.05) is 12.5 Å². The Morgan fingerprint density at radius 1 is 1.25 bits per heavy atom. The van der Waals surface area contributed by atoms with Crippen LogP contribution >= 0.6 is 11.6 Å². The van der Waals surface area contributed by atoms with Crippen molar-refractivity contribution in [2.45, 2.75) is 13.8 Å². The van der Waals surface area contributed by atoms with Crippen molar-refractivity contribution in [3.8, 4) is 16.9 Å². The van der Waals surface area contributed by atoms with Gasteiger partial charge in [-0.05, 0) is 24.1 Å². The van der Waals surface area contributed by atoms with E-state index in [1.165, 1.54) is 6.92 Å². The lowest BCUT2D eigenvalue weighted by molar-refractivity contribution is -0.131. The van der Waals surface area contributed by atoms with Crippen LogP contribution in [0.1, 0.15) is 12.5 Å². The summed E-state index contributed by atoms with van der Waals surface area (Å²) in [5, 5.41) is 0.490. The molecule has 0 heterocycles. The van der Waals surface area contributed by atoms with Gasteiger partial charge in [0.15, 0.2) is 5.75 Å². The fraction of sp³-hybridized carbons (Fsp3) is 0.154. The lowest BCUT2D eigenvalue weighted by atomic mass is 10.1. The van der Waals surface area contributed by atoms with Crippen LogP contribution in [0, 0.1) is 6.92 Å². The Balaban J connectivity index is 2.63. The molecule has 0 aliphatic heterocycles. The molecule has 2 aliphatic rings. The van der Waals surface area contributed by atoms with E-state index in [0.29, 0.717) is 10.8 Å². The smallest absolute Gasteiger partial charge is 0.308 e. The van der Waals surface area contributed by atoms with E-state index in [0.717, 1.165) is 16.7 Å². The number of carbonyl (C=O) groups is 1. The average molecular weight is 235 g/mol. The molecule has 0 aromatic carbocycles. The number of fused-ring (bicyclic) bond motifs is 1. The number of hydrogen-bond acceptors (Lipinski definition) is 2. The van der Waals surface area contributed by atoms with Crippen LogP contribution < -0.4 is 4.74 Å². The summed E-state index contributed by atoms with van der Waals surface area (Å²) in [6.07, 6.45) is 0. The molecule has 0 radical (unpaired) electrons. The molecule has 0 unspecified atom stereocenters. The van der Waals surface area contributed by atoms with Gasteiger partial charge in [0.1, 0.15) is 0 Å². The number of aryl methyl sites for hydroxylation is 1. The number of rotatable bonds is 1. The van der Waals surface area contributed by atoms with Crippen molar-refractivity contribution >= 4 is 17.6 Å². The zero-order chi connectivity index (χ0) is 11.7. The third-order valence-electron chi connectivity index (χ3n) is 2.42. The Labute approximate surface area is 99.1 Å². The number of halogens is 1. The van der Waals surface area contributed by atoms with E-state index in [4.69, 9.17) is 16.3 Å². The van der Waals surface area contributed by atoms with E-state index in [1.807, 2.05) is 31.2 Å². The molecule has 2 nitrogen and oxygen atoms in total. The highest BCUT2D eigenvalue weighted by Crippen LogP contribution is 2.41. The van der Waals surface area contributed by atoms with Crippen molar-refractivity contribution in [1.82, 2.24) is 0 Å². The largest absolute Gasteiger partial charge is 0.425 e. The molecule has 0 saturated carbocycles. The quantitative estimate of drug-likeness (QED) is 0.704. The molecule has 0 aromatic rings. The fourth-order valence-corrected chi connectivity index (χ4v) is 1.94. The van der Waals surface area contributed by atoms with Crippen LogP contribution in [0.25, 0.3) is 11.1 Å². The summed E-state index contributed by atoms with van der Waals surface area (Å²) >= 11 is 6.15. The van der Waals surface area contributed by atoms with Crippen LogP contribution in [0.15, 0.2) is 30.3 Å². The average Bonchev–Trinajstić information content (AvgIpc) is 2.41. The maximum atomic E-state index is 10.9. The Morgan fingerprint density at radius 2 is 1.94 bits per heavy atom. The van der Waals surface area contributed by atoms with Gasteiger partial charge in [-0.2, -0.15) is 0 Å². The van der Waals surface area contributed by atoms with Crippen LogP contribution in [-0.2, 0) is 4.79 Å². The first kappa shape index (κ1) is 11.0. The van der Waals surface area contributed by atoms with Crippen molar-refractivity contribution in [2.75, 3.05) is 0 Å². The van der Waals surface area contributed by atoms with Gasteiger partial charge < -0.3 is 4.74 Å². The molecule has 2 rings (SSSR count). The summed E-state index contributed by atoms with van der Waals surface area (Å²) in [7, 11) is 0. The third kappa shape index (κ3) is 1.89. The Kier molecular flexibility index (Phi) is 2.84. The van der Waals surface area contributed by atoms with Crippen LogP contribution in [0.5, 0.6) is 5.75 Å². The first-order chi connectivity index (χ1) is 7.59. The second-order valence-corrected chi connectivity index (χ2v) is 4.02. The summed E-state index contributed by atoms with van der Waals surface area (Å²) in [4.78, 5) is 10.9. The number of hydrogen-bond donors (Lipinski definition) is 0. The minimum Gasteiger partial charge on any atom is -0.425 e. The molecule has 16 heavy (non-hydrogen) atoms. The molecule has 0 spiro atoms. The molecular weight excluding hydrogens is 224 g/mol. The normalized spacial score (nSPS) is 10.4. The van der Waals surface area contributed by atoms with E-state index in [1.54, 1.807) is 6.07 Å². The van der Waals surface area contributed by atoms with E-state index in [-0.39, 0.29) is 5.97 Å². The maximum absolute atomic E-state index is 10.9. The van der Waals surface area contributed by atoms with Gasteiger partial charge in [-0.15, -0.1) is 0 Å². The molecule has 0 fully saturated rings. The molecule has 3 heteroatoms. The summed E-state index contributed by atoms with van der Waals surface area (Å²) in [6, 6.07) is 9.58. The maximum Gasteiger partial charge on any atom is 0.308 e. The van der Waals surface area contributed by atoms with Gasteiger partial charge in [0.25, 0.3) is 0 Å². The van der Waals surface area contributed by atoms with Gasteiger partial charge in [-0.25, -0.2) is 0 Å². The lowest BCUT2D eigenvalue weighted by Gasteiger charge is -1.97. The highest BCUT2D eigenvalue weighted by atomic mass is 35.5. The predicted molar refractivity (Wildman–Crippen MR) is 64.1 cm³/mol. The third-order valence-corrected chi connectivity index (χ3v) is 2.81. The number of carbonyl (C=O) groups excluding carboxylic acids is 1. The van der Waals surface area contributed by atoms with Crippen LogP contribution in [-0.4, -0.2) is 5.97 Å². The zero-order valence-electron chi connectivity index (χ0n) is 9.08. The molecule has 0 saturated heterocycles. The topological polar surface area (TPSA) is 26.3 Å². The van der Waals surface area contributed by atoms with E-state index in [2.05, 4.69) is 0 Å². The molecule has 0 bridgehead atoms. The Bertz CT molecular complexity index is 520. The standard InChI is InChI=1S/C13H11ClO2/c1-8-5-3-4-6-10-11(8)7-12(13(10)14)16-9(2)15/h3-7H,1-2H3. The Morgan fingerprint density at radius 3 is 2.62 bits per heavy atom. The number of esters is 1. The highest BCUT2D eigenvalue weighted by Gasteiger charge is 2.17. The van der Waals surface area contributed by atoms with Crippen LogP contribution in [0.3, 0.4) is 0 Å². The van der Waals surface area contributed by atoms with Crippen molar-refractivity contribution in [2.24, 2.45) is 0 Å². The monoisotopic (exact) mass is 234 g/mol. The molecule has 0 N–H and O–H groups in total. The second-order valence-electron chi connectivity index (χ2n) is 3.64. The fourth-order valence-electron chi connectivity index (χ4n) is 1.68. The lowest BCUT2D eigenvalue weighted by Crippen LogP contribution is -2.00. The van der Waals surface area contributed by atoms with Crippen LogP contribution in [0.2, 0.25) is 5.02 Å². The SMILES string of the molecule is CC(=O)Oc1cc2c(C)ccccc-2c1Cl. The van der Waals surface area contributed by atoms with E-state index >= 15 is 0 Å². The van der Waals surface area contributed by atoms with Gasteiger partial charge in [-0.3, -0.25) is 4.79 Å². The zero-order valence-corrected chi connectivity index (χ0v) is 9.84. The Hall–Kier alpha value is -1.54. The van der Waals surface area contributed by atoms with Crippen molar-refractivity contribution in [3.63, 3.8) is 0 Å². The molecule has 0 aromatic heterocycles. The van der Waals surface area contributed by atoms with Gasteiger partial charge in [0.2, 0.25) is 0 Å². The molecular formula is C13H11ClO2. The second kappa shape index (κ2) is 4.14. The summed E-state index contributed by atoms with van der Waals surface area (Å²) in [5.41, 5.74) is 3.01.